The van der Waals surface area contributed by atoms with Gasteiger partial charge in [-0.1, -0.05) is 71.5 Å². The number of hydrogen-bond donors (Lipinski definition) is 0. The van der Waals surface area contributed by atoms with Crippen molar-refractivity contribution in [2.45, 2.75) is 6.92 Å². The van der Waals surface area contributed by atoms with E-state index in [2.05, 4.69) is 0 Å². The molecule has 1 aliphatic rings. The van der Waals surface area contributed by atoms with Crippen molar-refractivity contribution in [2.75, 3.05) is 4.90 Å². The molecular formula is C17H12ClNOS2. The summed E-state index contributed by atoms with van der Waals surface area (Å²) in [4.78, 5) is 14.7. The van der Waals surface area contributed by atoms with E-state index in [1.165, 1.54) is 22.2 Å². The Morgan fingerprint density at radius 2 is 1.91 bits per heavy atom. The Morgan fingerprint density at radius 1 is 1.18 bits per heavy atom. The van der Waals surface area contributed by atoms with Crippen molar-refractivity contribution >= 4 is 57.6 Å². The van der Waals surface area contributed by atoms with Crippen LogP contribution in [0.25, 0.3) is 6.08 Å². The molecule has 0 spiro atoms. The highest BCUT2D eigenvalue weighted by Gasteiger charge is 2.33. The molecule has 0 unspecified atom stereocenters. The van der Waals surface area contributed by atoms with Crippen LogP contribution in [-0.4, -0.2) is 10.2 Å². The molecule has 0 N–H and O–H groups in total. The molecule has 5 heteroatoms. The maximum absolute atomic E-state index is 12.6. The first-order chi connectivity index (χ1) is 10.5. The third kappa shape index (κ3) is 3.09. The van der Waals surface area contributed by atoms with Crippen molar-refractivity contribution < 1.29 is 4.79 Å². The lowest BCUT2D eigenvalue weighted by atomic mass is 10.1. The van der Waals surface area contributed by atoms with Crippen LogP contribution in [-0.2, 0) is 4.79 Å². The number of nitrogens with zero attached hydrogens (tertiary/aromatic N) is 1. The van der Waals surface area contributed by atoms with Crippen molar-refractivity contribution in [1.82, 2.24) is 0 Å². The normalized spacial score (nSPS) is 16.6. The second-order valence-electron chi connectivity index (χ2n) is 4.91. The molecule has 1 saturated heterocycles. The molecule has 1 fully saturated rings. The van der Waals surface area contributed by atoms with Gasteiger partial charge in [0.25, 0.3) is 5.91 Å². The molecule has 1 amide bonds. The van der Waals surface area contributed by atoms with Gasteiger partial charge in [-0.2, -0.15) is 0 Å². The summed E-state index contributed by atoms with van der Waals surface area (Å²) in [6.07, 6.45) is 1.86. The topological polar surface area (TPSA) is 20.3 Å². The van der Waals surface area contributed by atoms with E-state index in [0.29, 0.717) is 19.9 Å². The lowest BCUT2D eigenvalue weighted by Gasteiger charge is -2.14. The predicted molar refractivity (Wildman–Crippen MR) is 98.3 cm³/mol. The standard InChI is InChI=1S/C17H12ClNOS2/c1-11-5-7-12(8-6-11)9-15-16(20)19(17(21)22-15)14-4-2-3-13(18)10-14/h2-10H,1H3. The first kappa shape index (κ1) is 15.3. The third-order valence-electron chi connectivity index (χ3n) is 3.24. The fourth-order valence-corrected chi connectivity index (χ4v) is 3.60. The first-order valence-corrected chi connectivity index (χ1v) is 8.25. The van der Waals surface area contributed by atoms with E-state index in [9.17, 15) is 4.79 Å². The molecule has 3 rings (SSSR count). The summed E-state index contributed by atoms with van der Waals surface area (Å²) in [5.74, 6) is -0.113. The Morgan fingerprint density at radius 3 is 2.59 bits per heavy atom. The predicted octanol–water partition coefficient (Wildman–Crippen LogP) is 5.05. The van der Waals surface area contributed by atoms with Crippen molar-refractivity contribution in [3.8, 4) is 0 Å². The number of hydrogen-bond acceptors (Lipinski definition) is 3. The van der Waals surface area contributed by atoms with E-state index in [1.54, 1.807) is 18.2 Å². The van der Waals surface area contributed by atoms with E-state index in [1.807, 2.05) is 43.3 Å². The van der Waals surface area contributed by atoms with Crippen LogP contribution >= 0.6 is 35.6 Å². The molecule has 1 heterocycles. The van der Waals surface area contributed by atoms with Gasteiger partial charge in [0.2, 0.25) is 0 Å². The Kier molecular flexibility index (Phi) is 4.34. The summed E-state index contributed by atoms with van der Waals surface area (Å²) < 4.78 is 0.519. The van der Waals surface area contributed by atoms with Crippen molar-refractivity contribution in [3.63, 3.8) is 0 Å². The number of rotatable bonds is 2. The Balaban J connectivity index is 1.93. The van der Waals surface area contributed by atoms with Gasteiger partial charge in [0.1, 0.15) is 0 Å². The van der Waals surface area contributed by atoms with Crippen molar-refractivity contribution in [2.24, 2.45) is 0 Å². The molecule has 0 atom stereocenters. The average Bonchev–Trinajstić information content (AvgIpc) is 2.76. The minimum Gasteiger partial charge on any atom is -0.268 e. The highest BCUT2D eigenvalue weighted by molar-refractivity contribution is 8.27. The number of carbonyl (C=O) groups is 1. The molecule has 0 radical (unpaired) electrons. The number of thiocarbonyl (C=S) groups is 1. The number of anilines is 1. The van der Waals surface area contributed by atoms with Crippen LogP contribution in [0, 0.1) is 6.92 Å². The maximum Gasteiger partial charge on any atom is 0.270 e. The highest BCUT2D eigenvalue weighted by atomic mass is 35.5. The monoisotopic (exact) mass is 345 g/mol. The fourth-order valence-electron chi connectivity index (χ4n) is 2.12. The van der Waals surface area contributed by atoms with Gasteiger partial charge in [-0.25, -0.2) is 0 Å². The van der Waals surface area contributed by atoms with Crippen LogP contribution in [0.2, 0.25) is 5.02 Å². The van der Waals surface area contributed by atoms with Crippen LogP contribution in [0.1, 0.15) is 11.1 Å². The van der Waals surface area contributed by atoms with Gasteiger partial charge in [0.15, 0.2) is 4.32 Å². The van der Waals surface area contributed by atoms with E-state index in [4.69, 9.17) is 23.8 Å². The zero-order valence-corrected chi connectivity index (χ0v) is 14.1. The molecule has 2 nitrogen and oxygen atoms in total. The lowest BCUT2D eigenvalue weighted by Crippen LogP contribution is -2.27. The third-order valence-corrected chi connectivity index (χ3v) is 4.77. The minimum atomic E-state index is -0.113. The van der Waals surface area contributed by atoms with Gasteiger partial charge in [0, 0.05) is 5.02 Å². The number of aryl methyl sites for hydroxylation is 1. The molecule has 0 aliphatic carbocycles. The van der Waals surface area contributed by atoms with Gasteiger partial charge in [-0.05, 0) is 36.8 Å². The zero-order chi connectivity index (χ0) is 15.7. The zero-order valence-electron chi connectivity index (χ0n) is 11.7. The minimum absolute atomic E-state index is 0.113. The second-order valence-corrected chi connectivity index (χ2v) is 7.02. The van der Waals surface area contributed by atoms with Gasteiger partial charge < -0.3 is 0 Å². The summed E-state index contributed by atoms with van der Waals surface area (Å²) in [6, 6.07) is 15.1. The Labute approximate surface area is 143 Å². The number of carbonyl (C=O) groups excluding carboxylic acids is 1. The van der Waals surface area contributed by atoms with Crippen molar-refractivity contribution in [3.05, 3.63) is 69.6 Å². The van der Waals surface area contributed by atoms with Crippen LogP contribution in [0.3, 0.4) is 0 Å². The van der Waals surface area contributed by atoms with E-state index in [0.717, 1.165) is 5.56 Å². The number of benzene rings is 2. The highest BCUT2D eigenvalue weighted by Crippen LogP contribution is 2.36. The number of thioether (sulfide) groups is 1. The summed E-state index contributed by atoms with van der Waals surface area (Å²) in [5, 5.41) is 0.578. The summed E-state index contributed by atoms with van der Waals surface area (Å²) in [6.45, 7) is 2.03. The molecule has 2 aromatic carbocycles. The molecule has 0 bridgehead atoms. The summed E-state index contributed by atoms with van der Waals surface area (Å²) in [5.41, 5.74) is 2.86. The van der Waals surface area contributed by atoms with Gasteiger partial charge in [-0.15, -0.1) is 0 Å². The fraction of sp³-hybridized carbons (Fsp3) is 0.0588. The van der Waals surface area contributed by atoms with Crippen LogP contribution in [0.4, 0.5) is 5.69 Å². The molecule has 110 valence electrons. The first-order valence-electron chi connectivity index (χ1n) is 6.65. The van der Waals surface area contributed by atoms with E-state index >= 15 is 0 Å². The lowest BCUT2D eigenvalue weighted by molar-refractivity contribution is -0.113. The quantitative estimate of drug-likeness (QED) is 0.561. The van der Waals surface area contributed by atoms with Gasteiger partial charge in [-0.3, -0.25) is 9.69 Å². The Bertz CT molecular complexity index is 784. The van der Waals surface area contributed by atoms with E-state index in [-0.39, 0.29) is 5.91 Å². The number of amides is 1. The van der Waals surface area contributed by atoms with Crippen LogP contribution in [0.5, 0.6) is 0 Å². The smallest absolute Gasteiger partial charge is 0.268 e. The van der Waals surface area contributed by atoms with Gasteiger partial charge >= 0.3 is 0 Å². The summed E-state index contributed by atoms with van der Waals surface area (Å²) >= 11 is 12.6. The van der Waals surface area contributed by atoms with Crippen molar-refractivity contribution in [1.29, 1.82) is 0 Å². The summed E-state index contributed by atoms with van der Waals surface area (Å²) in [7, 11) is 0. The van der Waals surface area contributed by atoms with Crippen LogP contribution in [0.15, 0.2) is 53.4 Å². The molecule has 2 aromatic rings. The SMILES string of the molecule is Cc1ccc(C=C2SC(=S)N(c3cccc(Cl)c3)C2=O)cc1. The largest absolute Gasteiger partial charge is 0.270 e. The number of halogens is 1. The van der Waals surface area contributed by atoms with E-state index < -0.39 is 0 Å². The van der Waals surface area contributed by atoms with Crippen LogP contribution < -0.4 is 4.90 Å². The van der Waals surface area contributed by atoms with Gasteiger partial charge in [0.05, 0.1) is 10.6 Å². The Hall–Kier alpha value is -1.62. The second kappa shape index (κ2) is 6.24. The molecule has 1 aliphatic heterocycles. The molecule has 22 heavy (non-hydrogen) atoms. The molecule has 0 aromatic heterocycles. The molecular weight excluding hydrogens is 334 g/mol. The average molecular weight is 346 g/mol. The maximum atomic E-state index is 12.6. The molecule has 0 saturated carbocycles.